The third-order valence-electron chi connectivity index (χ3n) is 4.77. The lowest BCUT2D eigenvalue weighted by Gasteiger charge is -2.26. The molecule has 0 saturated heterocycles. The van der Waals surface area contributed by atoms with E-state index in [1.807, 2.05) is 30.3 Å². The van der Waals surface area contributed by atoms with Crippen molar-refractivity contribution in [2.24, 2.45) is 0 Å². The van der Waals surface area contributed by atoms with Crippen LogP contribution in [0.3, 0.4) is 0 Å². The van der Waals surface area contributed by atoms with Crippen LogP contribution in [0, 0.1) is 0 Å². The van der Waals surface area contributed by atoms with Gasteiger partial charge >= 0.3 is 6.09 Å². The standard InChI is InChI=1S/C22H27N5O4S/c1-15(2)31-21(28)27(5)18-13-17(16-9-7-6-8-10-16)11-12-19(18)32(29,30)25-22(3,4)20-14-23-26-24-20/h6-15,25H,1-5H3,(H,23,24,26). The number of nitrogens with one attached hydrogen (secondary N) is 2. The molecule has 10 heteroatoms. The number of carbonyl (C=O) groups is 1. The van der Waals surface area contributed by atoms with Gasteiger partial charge in [-0.1, -0.05) is 36.4 Å². The first-order valence-electron chi connectivity index (χ1n) is 10.1. The van der Waals surface area contributed by atoms with Crippen molar-refractivity contribution >= 4 is 21.8 Å². The minimum atomic E-state index is -4.06. The maximum atomic E-state index is 13.4. The van der Waals surface area contributed by atoms with Crippen molar-refractivity contribution in [3.8, 4) is 11.1 Å². The lowest BCUT2D eigenvalue weighted by Crippen LogP contribution is -2.42. The molecular formula is C22H27N5O4S. The third kappa shape index (κ3) is 5.14. The summed E-state index contributed by atoms with van der Waals surface area (Å²) < 4.78 is 34.8. The van der Waals surface area contributed by atoms with Crippen molar-refractivity contribution in [3.63, 3.8) is 0 Å². The van der Waals surface area contributed by atoms with Crippen LogP contribution in [0.15, 0.2) is 59.6 Å². The predicted molar refractivity (Wildman–Crippen MR) is 122 cm³/mol. The molecule has 1 amide bonds. The van der Waals surface area contributed by atoms with E-state index in [0.717, 1.165) is 11.1 Å². The number of benzene rings is 2. The van der Waals surface area contributed by atoms with Gasteiger partial charge in [0.25, 0.3) is 0 Å². The smallest absolute Gasteiger partial charge is 0.414 e. The van der Waals surface area contributed by atoms with E-state index in [2.05, 4.69) is 20.1 Å². The minimum Gasteiger partial charge on any atom is -0.446 e. The van der Waals surface area contributed by atoms with E-state index >= 15 is 0 Å². The Morgan fingerprint density at radius 1 is 1.12 bits per heavy atom. The van der Waals surface area contributed by atoms with Crippen molar-refractivity contribution < 1.29 is 17.9 Å². The van der Waals surface area contributed by atoms with Crippen LogP contribution in [0.25, 0.3) is 11.1 Å². The number of aromatic amines is 1. The molecule has 0 aliphatic heterocycles. The number of rotatable bonds is 7. The predicted octanol–water partition coefficient (Wildman–Crippen LogP) is 3.67. The maximum Gasteiger partial charge on any atom is 0.414 e. The van der Waals surface area contributed by atoms with Gasteiger partial charge in [-0.05, 0) is 51.0 Å². The summed E-state index contributed by atoms with van der Waals surface area (Å²) in [6, 6.07) is 14.3. The van der Waals surface area contributed by atoms with Crippen LogP contribution in [0.2, 0.25) is 0 Å². The topological polar surface area (TPSA) is 117 Å². The fraction of sp³-hybridized carbons (Fsp3) is 0.318. The van der Waals surface area contributed by atoms with Crippen LogP contribution in [-0.4, -0.2) is 43.1 Å². The van der Waals surface area contributed by atoms with Crippen molar-refractivity contribution in [2.45, 2.75) is 44.2 Å². The number of anilines is 1. The SMILES string of the molecule is CC(C)OC(=O)N(C)c1cc(-c2ccccc2)ccc1S(=O)(=O)NC(C)(C)c1cn[nH]n1. The Morgan fingerprint density at radius 2 is 1.81 bits per heavy atom. The lowest BCUT2D eigenvalue weighted by molar-refractivity contribution is 0.123. The molecule has 0 saturated carbocycles. The molecule has 32 heavy (non-hydrogen) atoms. The fourth-order valence-corrected chi connectivity index (χ4v) is 4.75. The summed E-state index contributed by atoms with van der Waals surface area (Å²) in [5.74, 6) is 0. The third-order valence-corrected chi connectivity index (χ3v) is 6.48. The first-order valence-corrected chi connectivity index (χ1v) is 11.5. The number of hydrogen-bond donors (Lipinski definition) is 2. The zero-order valence-electron chi connectivity index (χ0n) is 18.7. The molecule has 2 N–H and O–H groups in total. The summed E-state index contributed by atoms with van der Waals surface area (Å²) in [5.41, 5.74) is 1.23. The molecule has 3 aromatic rings. The van der Waals surface area contributed by atoms with Crippen LogP contribution in [-0.2, 0) is 20.3 Å². The highest BCUT2D eigenvalue weighted by Gasteiger charge is 2.33. The minimum absolute atomic E-state index is 0.0584. The molecule has 3 rings (SSSR count). The molecule has 0 aliphatic carbocycles. The normalized spacial score (nSPS) is 12.1. The summed E-state index contributed by atoms with van der Waals surface area (Å²) >= 11 is 0. The zero-order valence-corrected chi connectivity index (χ0v) is 19.5. The Hall–Kier alpha value is -3.24. The number of sulfonamides is 1. The molecule has 0 radical (unpaired) electrons. The molecule has 0 atom stereocenters. The van der Waals surface area contributed by atoms with E-state index in [9.17, 15) is 13.2 Å². The van der Waals surface area contributed by atoms with Gasteiger partial charge in [0, 0.05) is 7.05 Å². The molecule has 1 heterocycles. The second kappa shape index (κ2) is 9.09. The number of H-pyrrole nitrogens is 1. The molecule has 0 unspecified atom stereocenters. The van der Waals surface area contributed by atoms with Gasteiger partial charge in [0.05, 0.1) is 23.5 Å². The van der Waals surface area contributed by atoms with Crippen molar-refractivity contribution in [1.29, 1.82) is 0 Å². The number of carbonyl (C=O) groups excluding carboxylic acids is 1. The Morgan fingerprint density at radius 3 is 2.41 bits per heavy atom. The molecule has 0 aliphatic rings. The fourth-order valence-electron chi connectivity index (χ4n) is 3.14. The molecule has 0 bridgehead atoms. The highest BCUT2D eigenvalue weighted by molar-refractivity contribution is 7.89. The first-order chi connectivity index (χ1) is 15.0. The van der Waals surface area contributed by atoms with E-state index in [0.29, 0.717) is 5.69 Å². The van der Waals surface area contributed by atoms with Crippen LogP contribution < -0.4 is 9.62 Å². The quantitative estimate of drug-likeness (QED) is 0.559. The van der Waals surface area contributed by atoms with Gasteiger partial charge in [0.15, 0.2) is 0 Å². The second-order valence-corrected chi connectivity index (χ2v) is 9.78. The monoisotopic (exact) mass is 457 g/mol. The number of hydrogen-bond acceptors (Lipinski definition) is 6. The Balaban J connectivity index is 2.08. The van der Waals surface area contributed by atoms with Gasteiger partial charge in [-0.3, -0.25) is 4.90 Å². The highest BCUT2D eigenvalue weighted by atomic mass is 32.2. The van der Waals surface area contributed by atoms with Gasteiger partial charge in [-0.2, -0.15) is 20.1 Å². The summed E-state index contributed by atoms with van der Waals surface area (Å²) in [6.45, 7) is 6.81. The van der Waals surface area contributed by atoms with E-state index in [-0.39, 0.29) is 16.7 Å². The average Bonchev–Trinajstić information content (AvgIpc) is 3.28. The molecule has 170 valence electrons. The van der Waals surface area contributed by atoms with Crippen LogP contribution in [0.1, 0.15) is 33.4 Å². The lowest BCUT2D eigenvalue weighted by atomic mass is 10.0. The van der Waals surface area contributed by atoms with Gasteiger partial charge in [-0.15, -0.1) is 0 Å². The largest absolute Gasteiger partial charge is 0.446 e. The summed E-state index contributed by atoms with van der Waals surface area (Å²) in [4.78, 5) is 13.8. The van der Waals surface area contributed by atoms with Crippen LogP contribution >= 0.6 is 0 Å². The van der Waals surface area contributed by atoms with Crippen molar-refractivity contribution in [1.82, 2.24) is 20.1 Å². The first kappa shape index (κ1) is 23.4. The molecule has 0 fully saturated rings. The molecule has 2 aromatic carbocycles. The second-order valence-electron chi connectivity index (χ2n) is 8.13. The number of aromatic nitrogens is 3. The zero-order chi connectivity index (χ0) is 23.5. The van der Waals surface area contributed by atoms with E-state index in [4.69, 9.17) is 4.74 Å². The average molecular weight is 458 g/mol. The van der Waals surface area contributed by atoms with Crippen LogP contribution in [0.5, 0.6) is 0 Å². The van der Waals surface area contributed by atoms with Crippen molar-refractivity contribution in [2.75, 3.05) is 11.9 Å². The van der Waals surface area contributed by atoms with Gasteiger partial charge < -0.3 is 4.74 Å². The van der Waals surface area contributed by atoms with E-state index < -0.39 is 21.7 Å². The molecule has 9 nitrogen and oxygen atoms in total. The maximum absolute atomic E-state index is 13.4. The molecule has 1 aromatic heterocycles. The Kier molecular flexibility index (Phi) is 6.65. The van der Waals surface area contributed by atoms with Gasteiger partial charge in [0.2, 0.25) is 10.0 Å². The number of nitrogens with zero attached hydrogens (tertiary/aromatic N) is 3. The number of ether oxygens (including phenoxy) is 1. The summed E-state index contributed by atoms with van der Waals surface area (Å²) in [7, 11) is -2.58. The Bertz CT molecular complexity index is 1180. The van der Waals surface area contributed by atoms with Crippen LogP contribution in [0.4, 0.5) is 10.5 Å². The van der Waals surface area contributed by atoms with E-state index in [1.165, 1.54) is 24.2 Å². The molecular weight excluding hydrogens is 430 g/mol. The van der Waals surface area contributed by atoms with E-state index in [1.54, 1.807) is 39.8 Å². The Labute approximate surface area is 187 Å². The van der Waals surface area contributed by atoms with Gasteiger partial charge in [-0.25, -0.2) is 13.2 Å². The summed E-state index contributed by atoms with van der Waals surface area (Å²) in [5, 5.41) is 10.2. The van der Waals surface area contributed by atoms with Gasteiger partial charge in [0.1, 0.15) is 10.6 Å². The summed E-state index contributed by atoms with van der Waals surface area (Å²) in [6.07, 6.45) is 0.442. The number of amides is 1. The molecule has 0 spiro atoms. The highest BCUT2D eigenvalue weighted by Crippen LogP contribution is 2.32. The van der Waals surface area contributed by atoms with Crippen molar-refractivity contribution in [3.05, 3.63) is 60.4 Å².